The molecule has 1 aromatic carbocycles. The van der Waals surface area contributed by atoms with Gasteiger partial charge in [0, 0.05) is 6.61 Å². The van der Waals surface area contributed by atoms with Crippen molar-refractivity contribution in [2.45, 2.75) is 32.8 Å². The first-order chi connectivity index (χ1) is 9.90. The fourth-order valence-corrected chi connectivity index (χ4v) is 1.52. The number of aliphatic hydroxyl groups is 1. The van der Waals surface area contributed by atoms with Gasteiger partial charge in [-0.15, -0.1) is 0 Å². The van der Waals surface area contributed by atoms with E-state index in [-0.39, 0.29) is 6.61 Å². The maximum atomic E-state index is 13.3. The lowest BCUT2D eigenvalue weighted by Crippen LogP contribution is -2.08. The number of aliphatic hydroxyl groups excluding tert-OH is 1. The van der Waals surface area contributed by atoms with Crippen LogP contribution in [-0.2, 0) is 11.4 Å². The number of rotatable bonds is 7. The highest BCUT2D eigenvalue weighted by atomic mass is 19.2. The van der Waals surface area contributed by atoms with Gasteiger partial charge in [-0.25, -0.2) is 22.0 Å². The summed E-state index contributed by atoms with van der Waals surface area (Å²) >= 11 is 0. The van der Waals surface area contributed by atoms with E-state index in [1.54, 1.807) is 6.92 Å². The van der Waals surface area contributed by atoms with Gasteiger partial charge in [0.05, 0.1) is 11.3 Å². The molecule has 0 fully saturated rings. The highest BCUT2D eigenvalue weighted by Crippen LogP contribution is 2.23. The summed E-state index contributed by atoms with van der Waals surface area (Å²) in [6.07, 6.45) is 1.68. The van der Waals surface area contributed by atoms with Gasteiger partial charge in [-0.05, 0) is 26.2 Å². The molecule has 0 aliphatic heterocycles. The van der Waals surface area contributed by atoms with Crippen LogP contribution in [0.3, 0.4) is 0 Å². The van der Waals surface area contributed by atoms with Crippen molar-refractivity contribution in [3.8, 4) is 0 Å². The summed E-state index contributed by atoms with van der Waals surface area (Å²) in [6.45, 7) is 0.734. The minimum absolute atomic E-state index is 0.0265. The predicted molar refractivity (Wildman–Crippen MR) is 65.1 cm³/mol. The average molecular weight is 311 g/mol. The second-order valence-corrected chi connectivity index (χ2v) is 4.33. The van der Waals surface area contributed by atoms with Crippen LogP contribution in [0.15, 0.2) is 5.16 Å². The van der Waals surface area contributed by atoms with Gasteiger partial charge in [-0.3, -0.25) is 0 Å². The molecular weight excluding hydrogens is 297 g/mol. The summed E-state index contributed by atoms with van der Waals surface area (Å²) < 4.78 is 65.2. The van der Waals surface area contributed by atoms with Crippen LogP contribution in [0, 0.1) is 29.1 Å². The summed E-state index contributed by atoms with van der Waals surface area (Å²) in [5.41, 5.74) is -0.592. The first-order valence-corrected chi connectivity index (χ1v) is 6.16. The van der Waals surface area contributed by atoms with Crippen LogP contribution in [0.1, 0.15) is 31.7 Å². The largest absolute Gasteiger partial charge is 0.396 e. The van der Waals surface area contributed by atoms with Crippen LogP contribution >= 0.6 is 0 Å². The van der Waals surface area contributed by atoms with Gasteiger partial charge in [0.25, 0.3) is 0 Å². The van der Waals surface area contributed by atoms with E-state index in [1.165, 1.54) is 0 Å². The zero-order valence-corrected chi connectivity index (χ0v) is 11.2. The molecule has 0 atom stereocenters. The van der Waals surface area contributed by atoms with E-state index in [0.717, 1.165) is 0 Å². The Bertz CT molecular complexity index is 505. The van der Waals surface area contributed by atoms with E-state index in [2.05, 4.69) is 9.99 Å². The number of unbranched alkanes of at least 4 members (excludes halogenated alkanes) is 1. The minimum atomic E-state index is -2.21. The zero-order valence-electron chi connectivity index (χ0n) is 11.2. The second kappa shape index (κ2) is 7.92. The molecule has 1 aromatic rings. The van der Waals surface area contributed by atoms with E-state index >= 15 is 0 Å². The molecule has 0 bridgehead atoms. The van der Waals surface area contributed by atoms with Crippen LogP contribution < -0.4 is 0 Å². The summed E-state index contributed by atoms with van der Waals surface area (Å²) in [7, 11) is 0. The number of oxime groups is 1. The second-order valence-electron chi connectivity index (χ2n) is 4.33. The van der Waals surface area contributed by atoms with Crippen LogP contribution in [-0.4, -0.2) is 17.4 Å². The minimum Gasteiger partial charge on any atom is -0.396 e. The number of halogens is 5. The Balaban J connectivity index is 2.74. The lowest BCUT2D eigenvalue weighted by molar-refractivity contribution is 0.122. The van der Waals surface area contributed by atoms with Crippen molar-refractivity contribution in [2.24, 2.45) is 5.16 Å². The fraction of sp³-hybridized carbons (Fsp3) is 0.462. The Morgan fingerprint density at radius 1 is 0.952 bits per heavy atom. The van der Waals surface area contributed by atoms with Crippen molar-refractivity contribution in [3.05, 3.63) is 34.6 Å². The molecular formula is C13H14F5NO2. The average Bonchev–Trinajstić information content (AvgIpc) is 2.47. The van der Waals surface area contributed by atoms with Crippen LogP contribution in [0.25, 0.3) is 0 Å². The van der Waals surface area contributed by atoms with Crippen molar-refractivity contribution in [1.29, 1.82) is 0 Å². The molecule has 0 saturated heterocycles. The predicted octanol–water partition coefficient (Wildman–Crippen LogP) is 3.44. The molecule has 0 saturated carbocycles. The molecule has 21 heavy (non-hydrogen) atoms. The van der Waals surface area contributed by atoms with Crippen molar-refractivity contribution >= 4 is 5.71 Å². The molecule has 3 nitrogen and oxygen atoms in total. The highest BCUT2D eigenvalue weighted by molar-refractivity contribution is 5.81. The van der Waals surface area contributed by atoms with E-state index in [4.69, 9.17) is 5.11 Å². The van der Waals surface area contributed by atoms with Gasteiger partial charge in [0.1, 0.15) is 6.61 Å². The van der Waals surface area contributed by atoms with Crippen molar-refractivity contribution in [3.63, 3.8) is 0 Å². The molecule has 0 aliphatic rings. The van der Waals surface area contributed by atoms with Gasteiger partial charge < -0.3 is 9.94 Å². The molecule has 0 amide bonds. The van der Waals surface area contributed by atoms with E-state index in [1.807, 2.05) is 0 Å². The Morgan fingerprint density at radius 2 is 1.48 bits per heavy atom. The normalized spacial score (nSPS) is 11.9. The SMILES string of the molecule is C/C(CCCCO)=N/OCc1c(F)c(F)c(F)c(F)c1F. The molecule has 1 N–H and O–H groups in total. The lowest BCUT2D eigenvalue weighted by Gasteiger charge is -2.07. The molecule has 0 spiro atoms. The van der Waals surface area contributed by atoms with Crippen molar-refractivity contribution in [1.82, 2.24) is 0 Å². The fourth-order valence-electron chi connectivity index (χ4n) is 1.52. The van der Waals surface area contributed by atoms with E-state index in [0.29, 0.717) is 25.0 Å². The maximum Gasteiger partial charge on any atom is 0.200 e. The summed E-state index contributed by atoms with van der Waals surface area (Å²) in [4.78, 5) is 4.61. The van der Waals surface area contributed by atoms with Gasteiger partial charge in [-0.1, -0.05) is 5.16 Å². The molecule has 1 rings (SSSR count). The molecule has 8 heteroatoms. The number of hydrogen-bond acceptors (Lipinski definition) is 3. The first-order valence-electron chi connectivity index (χ1n) is 6.16. The molecule has 0 heterocycles. The van der Waals surface area contributed by atoms with Gasteiger partial charge in [0.2, 0.25) is 5.82 Å². The third kappa shape index (κ3) is 4.38. The highest BCUT2D eigenvalue weighted by Gasteiger charge is 2.25. The molecule has 0 radical (unpaired) electrons. The lowest BCUT2D eigenvalue weighted by atomic mass is 10.2. The van der Waals surface area contributed by atoms with Crippen molar-refractivity contribution < 1.29 is 31.9 Å². The summed E-state index contributed by atoms with van der Waals surface area (Å²) in [5.74, 6) is -10.1. The van der Waals surface area contributed by atoms with Crippen molar-refractivity contribution in [2.75, 3.05) is 6.61 Å². The van der Waals surface area contributed by atoms with Crippen LogP contribution in [0.2, 0.25) is 0 Å². The molecule has 118 valence electrons. The molecule has 0 aliphatic carbocycles. The van der Waals surface area contributed by atoms with Crippen LogP contribution in [0.5, 0.6) is 0 Å². The number of benzene rings is 1. The van der Waals surface area contributed by atoms with Gasteiger partial charge in [0.15, 0.2) is 23.3 Å². The summed E-state index contributed by atoms with van der Waals surface area (Å²) in [6, 6.07) is 0. The third-order valence-corrected chi connectivity index (χ3v) is 2.68. The van der Waals surface area contributed by atoms with Gasteiger partial charge in [-0.2, -0.15) is 0 Å². The van der Waals surface area contributed by atoms with Crippen LogP contribution in [0.4, 0.5) is 22.0 Å². The third-order valence-electron chi connectivity index (χ3n) is 2.68. The smallest absolute Gasteiger partial charge is 0.200 e. The van der Waals surface area contributed by atoms with E-state index in [9.17, 15) is 22.0 Å². The van der Waals surface area contributed by atoms with E-state index < -0.39 is 41.3 Å². The molecule has 0 unspecified atom stereocenters. The Hall–Kier alpha value is -1.70. The Labute approximate surface area is 118 Å². The topological polar surface area (TPSA) is 41.8 Å². The monoisotopic (exact) mass is 311 g/mol. The Kier molecular flexibility index (Phi) is 6.54. The first kappa shape index (κ1) is 17.4. The zero-order chi connectivity index (χ0) is 16.0. The number of hydrogen-bond donors (Lipinski definition) is 1. The standard InChI is InChI=1S/C13H14F5NO2/c1-7(4-2-3-5-20)19-21-6-8-9(14)11(16)13(18)12(17)10(8)15/h20H,2-6H2,1H3/b19-7-. The Morgan fingerprint density at radius 3 is 2.00 bits per heavy atom. The quantitative estimate of drug-likeness (QED) is 0.209. The molecule has 0 aromatic heterocycles. The summed E-state index contributed by atoms with van der Waals surface area (Å²) in [5, 5.41) is 12.1. The number of nitrogens with zero attached hydrogens (tertiary/aromatic N) is 1. The maximum absolute atomic E-state index is 13.3. The van der Waals surface area contributed by atoms with Gasteiger partial charge >= 0.3 is 0 Å².